The van der Waals surface area contributed by atoms with Gasteiger partial charge < -0.3 is 65.7 Å². The number of allylic oxidation sites excluding steroid dienone is 2. The molecular weight excluding hydrogens is 718 g/mol. The summed E-state index contributed by atoms with van der Waals surface area (Å²) < 4.78 is 0. The fourth-order valence-corrected chi connectivity index (χ4v) is 1.17. The third-order valence-electron chi connectivity index (χ3n) is 1.93. The Bertz CT molecular complexity index is 293. The van der Waals surface area contributed by atoms with Gasteiger partial charge in [-0.2, -0.15) is 6.20 Å². The van der Waals surface area contributed by atoms with Gasteiger partial charge >= 0.3 is 42.1 Å². The first kappa shape index (κ1) is 49.9. The molecule has 0 radical (unpaired) electrons. The molecule has 14 N–H and O–H groups in total. The Labute approximate surface area is 181 Å². The predicted molar refractivity (Wildman–Crippen MR) is 94.1 cm³/mol. The molecule has 0 bridgehead atoms. The molecule has 0 saturated carbocycles. The second-order valence-electron chi connectivity index (χ2n) is 3.32. The van der Waals surface area contributed by atoms with E-state index < -0.39 is 6.23 Å². The van der Waals surface area contributed by atoms with E-state index >= 15 is 0 Å². The molecule has 26 heavy (non-hydrogen) atoms. The van der Waals surface area contributed by atoms with E-state index in [2.05, 4.69) is 10.6 Å². The van der Waals surface area contributed by atoms with Crippen LogP contribution in [0.5, 0.6) is 0 Å². The van der Waals surface area contributed by atoms with Crippen LogP contribution in [0.15, 0.2) is 35.1 Å². The molecule has 0 aromatic rings. The van der Waals surface area contributed by atoms with Gasteiger partial charge in [-0.1, -0.05) is 31.1 Å². The maximum absolute atomic E-state index is 8.74. The molecular formula is C10H28N8O6Pt2+4. The third-order valence-corrected chi connectivity index (χ3v) is 1.93. The molecule has 0 aromatic heterocycles. The van der Waals surface area contributed by atoms with E-state index in [-0.39, 0.29) is 73.0 Å². The Morgan fingerprint density at radius 3 is 1.54 bits per heavy atom. The summed E-state index contributed by atoms with van der Waals surface area (Å²) in [5.74, 6) is 0. The number of nitrogens with zero attached hydrogens (tertiary/aromatic N) is 4. The maximum Gasteiger partial charge on any atom is 4.00 e. The van der Waals surface area contributed by atoms with Crippen molar-refractivity contribution < 1.29 is 52.3 Å². The van der Waals surface area contributed by atoms with Crippen molar-refractivity contribution in [1.29, 1.82) is 0 Å². The first-order valence-corrected chi connectivity index (χ1v) is 5.58. The van der Waals surface area contributed by atoms with Gasteiger partial charge in [0.25, 0.3) is 0 Å². The van der Waals surface area contributed by atoms with Crippen molar-refractivity contribution in [3.8, 4) is 0 Å². The van der Waals surface area contributed by atoms with Crippen LogP contribution in [0.2, 0.25) is 0 Å². The molecule has 0 aliphatic carbocycles. The molecule has 2 heterocycles. The SMILES string of the molecule is N.N.N.N.O=N[O-].O=N[O-].OC1C=CC=C[N-]1.OC1CCCC[N-]1.[Pt+4].[Pt+4]. The minimum atomic E-state index is -0.606. The molecule has 0 amide bonds. The molecule has 2 rings (SSSR count). The summed E-state index contributed by atoms with van der Waals surface area (Å²) in [7, 11) is 0. The number of aliphatic hydroxyl groups is 2. The van der Waals surface area contributed by atoms with Gasteiger partial charge in [-0.3, -0.25) is 0 Å². The normalized spacial score (nSPS) is 17.2. The van der Waals surface area contributed by atoms with Crippen LogP contribution in [0.3, 0.4) is 0 Å². The Kier molecular flexibility index (Phi) is 84.4. The quantitative estimate of drug-likeness (QED) is 0.155. The van der Waals surface area contributed by atoms with Gasteiger partial charge in [0.2, 0.25) is 0 Å². The van der Waals surface area contributed by atoms with E-state index in [1.165, 1.54) is 0 Å². The smallest absolute Gasteiger partial charge is 0.663 e. The monoisotopic (exact) mass is 746 g/mol. The largest absolute Gasteiger partial charge is 4.00 e. The average Bonchev–Trinajstić information content (AvgIpc) is 2.43. The van der Waals surface area contributed by atoms with Crippen LogP contribution in [0.4, 0.5) is 0 Å². The van der Waals surface area contributed by atoms with E-state index in [1.54, 1.807) is 24.4 Å². The molecule has 2 aliphatic rings. The summed E-state index contributed by atoms with van der Waals surface area (Å²) in [5.41, 5.74) is 0. The molecule has 0 aromatic carbocycles. The minimum Gasteiger partial charge on any atom is -0.663 e. The summed E-state index contributed by atoms with van der Waals surface area (Å²) in [6.45, 7) is 0.862. The van der Waals surface area contributed by atoms with Gasteiger partial charge in [0.15, 0.2) is 0 Å². The second-order valence-corrected chi connectivity index (χ2v) is 3.32. The van der Waals surface area contributed by atoms with Crippen molar-refractivity contribution in [2.75, 3.05) is 6.54 Å². The molecule has 2 aliphatic heterocycles. The van der Waals surface area contributed by atoms with E-state index in [0.717, 1.165) is 36.5 Å². The van der Waals surface area contributed by atoms with Gasteiger partial charge in [-0.05, 0) is 12.6 Å². The second kappa shape index (κ2) is 44.0. The summed E-state index contributed by atoms with van der Waals surface area (Å²) in [5, 5.41) is 42.9. The summed E-state index contributed by atoms with van der Waals surface area (Å²) in [6, 6.07) is 0. The number of hydrogen-bond donors (Lipinski definition) is 6. The number of aliphatic hydroxyl groups excluding tert-OH is 2. The van der Waals surface area contributed by atoms with Crippen molar-refractivity contribution in [3.63, 3.8) is 0 Å². The van der Waals surface area contributed by atoms with Crippen molar-refractivity contribution in [2.45, 2.75) is 31.7 Å². The van der Waals surface area contributed by atoms with Gasteiger partial charge in [-0.15, -0.1) is 17.2 Å². The van der Waals surface area contributed by atoms with Crippen molar-refractivity contribution in [2.24, 2.45) is 10.7 Å². The number of piperidine rings is 1. The molecule has 1 saturated heterocycles. The van der Waals surface area contributed by atoms with E-state index in [1.807, 2.05) is 0 Å². The molecule has 160 valence electrons. The fraction of sp³-hybridized carbons (Fsp3) is 0.600. The van der Waals surface area contributed by atoms with E-state index in [0.29, 0.717) is 0 Å². The van der Waals surface area contributed by atoms with Gasteiger partial charge in [-0.25, -0.2) is 0 Å². The van der Waals surface area contributed by atoms with Crippen molar-refractivity contribution in [3.05, 3.63) is 55.3 Å². The topological polar surface area (TPSA) is 314 Å². The number of hydrogen-bond acceptors (Lipinski definition) is 12. The van der Waals surface area contributed by atoms with E-state index in [9.17, 15) is 0 Å². The van der Waals surface area contributed by atoms with Crippen LogP contribution in [0, 0.1) is 20.2 Å². The first-order valence-electron chi connectivity index (χ1n) is 5.58. The standard InChI is InChI=1S/C5H10NO.C5H6NO.2HNO2.4H3N.2Pt/c2*7-5-3-1-2-4-6-5;2*2-1-3;;;;;;/h5,7H,1-4H2;1-5,7H;2*(H,2,3);4*1H3;;/q2*-1;;;;;;;2*+4/p-2. The molecule has 2 unspecified atom stereocenters. The molecule has 1 fully saturated rings. The average molecular weight is 747 g/mol. The van der Waals surface area contributed by atoms with Crippen LogP contribution in [-0.4, -0.2) is 29.2 Å². The summed E-state index contributed by atoms with van der Waals surface area (Å²) in [4.78, 5) is 16.0. The number of rotatable bonds is 0. The minimum absolute atomic E-state index is 0. The Hall–Kier alpha value is -0.823. The maximum atomic E-state index is 8.74. The van der Waals surface area contributed by atoms with E-state index in [4.69, 9.17) is 30.4 Å². The summed E-state index contributed by atoms with van der Waals surface area (Å²) in [6.07, 6.45) is 8.95. The molecule has 2 atom stereocenters. The fourth-order valence-electron chi connectivity index (χ4n) is 1.17. The van der Waals surface area contributed by atoms with Gasteiger partial charge in [0, 0.05) is 6.23 Å². The van der Waals surface area contributed by atoms with Gasteiger partial charge in [0.1, 0.15) is 0 Å². The van der Waals surface area contributed by atoms with Crippen LogP contribution in [-0.2, 0) is 42.1 Å². The zero-order valence-electron chi connectivity index (χ0n) is 14.1. The van der Waals surface area contributed by atoms with Gasteiger partial charge in [0.05, 0.1) is 0 Å². The zero-order chi connectivity index (χ0) is 15.6. The van der Waals surface area contributed by atoms with Crippen LogP contribution in [0.1, 0.15) is 19.3 Å². The molecule has 16 heteroatoms. The van der Waals surface area contributed by atoms with Crippen LogP contribution in [0.25, 0.3) is 10.6 Å². The predicted octanol–water partition coefficient (Wildman–Crippen LogP) is 2.77. The van der Waals surface area contributed by atoms with Crippen LogP contribution < -0.4 is 24.6 Å². The zero-order valence-corrected chi connectivity index (χ0v) is 18.6. The Morgan fingerprint density at radius 2 is 1.38 bits per heavy atom. The van der Waals surface area contributed by atoms with Crippen LogP contribution >= 0.6 is 0 Å². The Morgan fingerprint density at radius 1 is 0.923 bits per heavy atom. The third kappa shape index (κ3) is 49.5. The summed E-state index contributed by atoms with van der Waals surface area (Å²) >= 11 is 0. The first-order chi connectivity index (χ1) is 9.62. The molecule has 14 nitrogen and oxygen atoms in total. The van der Waals surface area contributed by atoms with Crippen molar-refractivity contribution >= 4 is 0 Å². The van der Waals surface area contributed by atoms with Crippen molar-refractivity contribution in [1.82, 2.24) is 24.6 Å². The Balaban J connectivity index is -0.0000000273. The molecule has 0 spiro atoms.